The summed E-state index contributed by atoms with van der Waals surface area (Å²) < 4.78 is 0. The van der Waals surface area contributed by atoms with Gasteiger partial charge in [-0.15, -0.1) is 0 Å². The Kier molecular flexibility index (Phi) is 2.12. The predicted molar refractivity (Wildman–Crippen MR) is 52.0 cm³/mol. The number of allylic oxidation sites excluding steroid dienone is 2. The van der Waals surface area contributed by atoms with Gasteiger partial charge >= 0.3 is 0 Å². The Balaban J connectivity index is 2.84. The number of hydrogen-bond donors (Lipinski definition) is 0. The number of nitrogens with zero attached hydrogens (tertiary/aromatic N) is 1. The standard InChI is InChI=1S/C9H16BN/c1-4-9(3)6-5-8(2)7-11(9)10/h5-7H,4,10H2,1-3H3. The van der Waals surface area contributed by atoms with Crippen molar-refractivity contribution in [3.8, 4) is 0 Å². The normalized spacial score (nSPS) is 30.5. The quantitative estimate of drug-likeness (QED) is 0.510. The molecule has 1 nitrogen and oxygen atoms in total. The molecule has 0 saturated carbocycles. The molecule has 0 spiro atoms. The van der Waals surface area contributed by atoms with Crippen LogP contribution in [-0.2, 0) is 0 Å². The topological polar surface area (TPSA) is 3.24 Å². The van der Waals surface area contributed by atoms with Gasteiger partial charge in [0.2, 0.25) is 7.98 Å². The monoisotopic (exact) mass is 149 g/mol. The second-order valence-electron chi connectivity index (χ2n) is 3.53. The average Bonchev–Trinajstić information content (AvgIpc) is 1.98. The lowest BCUT2D eigenvalue weighted by molar-refractivity contribution is 0.330. The Hall–Kier alpha value is -0.655. The van der Waals surface area contributed by atoms with Crippen molar-refractivity contribution in [2.45, 2.75) is 32.7 Å². The first-order valence-corrected chi connectivity index (χ1v) is 4.19. The SMILES string of the molecule is BN1C=C(C)C=CC1(C)CC. The van der Waals surface area contributed by atoms with Gasteiger partial charge in [0.1, 0.15) is 0 Å². The van der Waals surface area contributed by atoms with E-state index in [1.54, 1.807) is 0 Å². The van der Waals surface area contributed by atoms with Crippen molar-refractivity contribution < 1.29 is 0 Å². The van der Waals surface area contributed by atoms with Crippen LogP contribution < -0.4 is 0 Å². The summed E-state index contributed by atoms with van der Waals surface area (Å²) in [6.45, 7) is 6.60. The van der Waals surface area contributed by atoms with E-state index in [-0.39, 0.29) is 5.54 Å². The third-order valence-corrected chi connectivity index (χ3v) is 2.62. The van der Waals surface area contributed by atoms with Gasteiger partial charge in [-0.25, -0.2) is 0 Å². The van der Waals surface area contributed by atoms with Crippen LogP contribution >= 0.6 is 0 Å². The first-order chi connectivity index (χ1) is 5.08. The van der Waals surface area contributed by atoms with Crippen molar-refractivity contribution in [3.63, 3.8) is 0 Å². The lowest BCUT2D eigenvalue weighted by Crippen LogP contribution is -2.40. The smallest absolute Gasteiger partial charge is 0.217 e. The molecule has 1 atom stereocenters. The molecule has 0 fully saturated rings. The van der Waals surface area contributed by atoms with Gasteiger partial charge in [0, 0.05) is 5.54 Å². The summed E-state index contributed by atoms with van der Waals surface area (Å²) in [5, 5.41) is 0. The Morgan fingerprint density at radius 1 is 1.64 bits per heavy atom. The van der Waals surface area contributed by atoms with E-state index < -0.39 is 0 Å². The highest BCUT2D eigenvalue weighted by atomic mass is 15.1. The summed E-state index contributed by atoms with van der Waals surface area (Å²) in [4.78, 5) is 2.28. The van der Waals surface area contributed by atoms with E-state index in [4.69, 9.17) is 0 Å². The molecule has 0 radical (unpaired) electrons. The van der Waals surface area contributed by atoms with E-state index >= 15 is 0 Å². The Bertz CT molecular complexity index is 208. The maximum absolute atomic E-state index is 2.28. The van der Waals surface area contributed by atoms with Gasteiger partial charge in [0.05, 0.1) is 0 Å². The fourth-order valence-corrected chi connectivity index (χ4v) is 1.29. The molecule has 0 aromatic carbocycles. The molecule has 0 aliphatic carbocycles. The fraction of sp³-hybridized carbons (Fsp3) is 0.556. The van der Waals surface area contributed by atoms with E-state index in [2.05, 4.69) is 51.9 Å². The minimum Gasteiger partial charge on any atom is -0.419 e. The minimum atomic E-state index is 0.236. The Labute approximate surface area is 70.2 Å². The van der Waals surface area contributed by atoms with Crippen LogP contribution in [0.3, 0.4) is 0 Å². The second-order valence-corrected chi connectivity index (χ2v) is 3.53. The van der Waals surface area contributed by atoms with Crippen molar-refractivity contribution in [3.05, 3.63) is 23.9 Å². The maximum Gasteiger partial charge on any atom is 0.217 e. The van der Waals surface area contributed by atoms with Gasteiger partial charge in [0.15, 0.2) is 0 Å². The highest BCUT2D eigenvalue weighted by molar-refractivity contribution is 6.06. The first kappa shape index (κ1) is 8.44. The van der Waals surface area contributed by atoms with Crippen LogP contribution in [0.4, 0.5) is 0 Å². The molecule has 1 unspecified atom stereocenters. The summed E-state index contributed by atoms with van der Waals surface area (Å²) in [5.41, 5.74) is 1.57. The molecule has 0 saturated heterocycles. The Morgan fingerprint density at radius 2 is 2.27 bits per heavy atom. The van der Waals surface area contributed by atoms with Crippen molar-refractivity contribution in [1.29, 1.82) is 0 Å². The lowest BCUT2D eigenvalue weighted by Gasteiger charge is -2.38. The van der Waals surface area contributed by atoms with Crippen molar-refractivity contribution >= 4 is 7.98 Å². The molecular weight excluding hydrogens is 133 g/mol. The molecular formula is C9H16BN. The third kappa shape index (κ3) is 1.50. The van der Waals surface area contributed by atoms with Gasteiger partial charge in [0.25, 0.3) is 0 Å². The molecule has 0 N–H and O–H groups in total. The van der Waals surface area contributed by atoms with Crippen LogP contribution in [0.2, 0.25) is 0 Å². The maximum atomic E-state index is 2.28. The van der Waals surface area contributed by atoms with E-state index in [1.165, 1.54) is 5.57 Å². The highest BCUT2D eigenvalue weighted by Gasteiger charge is 2.23. The van der Waals surface area contributed by atoms with Crippen molar-refractivity contribution in [1.82, 2.24) is 4.81 Å². The third-order valence-electron chi connectivity index (χ3n) is 2.62. The van der Waals surface area contributed by atoms with E-state index in [0.717, 1.165) is 6.42 Å². The predicted octanol–water partition coefficient (Wildman–Crippen LogP) is 1.48. The van der Waals surface area contributed by atoms with Gasteiger partial charge < -0.3 is 4.81 Å². The Morgan fingerprint density at radius 3 is 2.73 bits per heavy atom. The second kappa shape index (κ2) is 2.76. The van der Waals surface area contributed by atoms with Crippen LogP contribution in [0.5, 0.6) is 0 Å². The zero-order chi connectivity index (χ0) is 8.48. The van der Waals surface area contributed by atoms with E-state index in [9.17, 15) is 0 Å². The molecule has 0 aromatic heterocycles. The van der Waals surface area contributed by atoms with Crippen molar-refractivity contribution in [2.75, 3.05) is 0 Å². The summed E-state index contributed by atoms with van der Waals surface area (Å²) in [6, 6.07) is 0. The number of hydrogen-bond acceptors (Lipinski definition) is 1. The molecule has 1 aliphatic rings. The fourth-order valence-electron chi connectivity index (χ4n) is 1.29. The van der Waals surface area contributed by atoms with Crippen LogP contribution in [0, 0.1) is 0 Å². The molecule has 60 valence electrons. The molecule has 0 aromatic rings. The largest absolute Gasteiger partial charge is 0.419 e. The molecule has 0 amide bonds. The highest BCUT2D eigenvalue weighted by Crippen LogP contribution is 2.24. The van der Waals surface area contributed by atoms with Crippen molar-refractivity contribution in [2.24, 2.45) is 0 Å². The molecule has 2 heteroatoms. The van der Waals surface area contributed by atoms with Crippen LogP contribution in [0.25, 0.3) is 0 Å². The van der Waals surface area contributed by atoms with Gasteiger partial charge in [-0.05, 0) is 32.0 Å². The van der Waals surface area contributed by atoms with Crippen LogP contribution in [0.15, 0.2) is 23.9 Å². The first-order valence-electron chi connectivity index (χ1n) is 4.19. The van der Waals surface area contributed by atoms with E-state index in [1.807, 2.05) is 0 Å². The summed E-state index contributed by atoms with van der Waals surface area (Å²) in [6.07, 6.45) is 7.83. The summed E-state index contributed by atoms with van der Waals surface area (Å²) in [7, 11) is 2.14. The van der Waals surface area contributed by atoms with Crippen LogP contribution in [0.1, 0.15) is 27.2 Å². The number of rotatable bonds is 1. The van der Waals surface area contributed by atoms with Gasteiger partial charge in [-0.2, -0.15) is 0 Å². The molecule has 1 heterocycles. The molecule has 0 bridgehead atoms. The van der Waals surface area contributed by atoms with E-state index in [0.29, 0.717) is 0 Å². The summed E-state index contributed by atoms with van der Waals surface area (Å²) >= 11 is 0. The zero-order valence-electron chi connectivity index (χ0n) is 7.89. The lowest BCUT2D eigenvalue weighted by atomic mass is 9.89. The molecule has 1 rings (SSSR count). The zero-order valence-corrected chi connectivity index (χ0v) is 7.89. The minimum absolute atomic E-state index is 0.236. The van der Waals surface area contributed by atoms with Crippen LogP contribution in [-0.4, -0.2) is 18.3 Å². The summed E-state index contributed by atoms with van der Waals surface area (Å²) in [5.74, 6) is 0. The van der Waals surface area contributed by atoms with Gasteiger partial charge in [-0.3, -0.25) is 0 Å². The molecule has 11 heavy (non-hydrogen) atoms. The van der Waals surface area contributed by atoms with Gasteiger partial charge in [-0.1, -0.05) is 19.1 Å². The average molecular weight is 149 g/mol. The molecule has 1 aliphatic heterocycles.